The largest absolute Gasteiger partial charge is 0.497 e. The zero-order chi connectivity index (χ0) is 23.1. The van der Waals surface area contributed by atoms with E-state index in [-0.39, 0.29) is 5.41 Å². The molecule has 1 fully saturated rings. The molecule has 4 aromatic rings. The molecule has 0 spiro atoms. The summed E-state index contributed by atoms with van der Waals surface area (Å²) in [4.78, 5) is 6.50. The highest BCUT2D eigenvalue weighted by molar-refractivity contribution is 9.10. The number of H-pyrrole nitrogens is 1. The number of benzene rings is 3. The highest BCUT2D eigenvalue weighted by Crippen LogP contribution is 2.49. The molecule has 2 heterocycles. The summed E-state index contributed by atoms with van der Waals surface area (Å²) in [5.74, 6) is 1.54. The summed E-state index contributed by atoms with van der Waals surface area (Å²) in [6, 6.07) is 26.4. The molecule has 1 aliphatic carbocycles. The maximum atomic E-state index is 5.64. The number of likely N-dealkylation sites (tertiary alicyclic amines) is 1. The first-order valence-electron chi connectivity index (χ1n) is 12.3. The molecule has 3 aromatic carbocycles. The van der Waals surface area contributed by atoms with E-state index in [1.807, 2.05) is 0 Å². The molecule has 0 amide bonds. The van der Waals surface area contributed by atoms with Crippen molar-refractivity contribution in [3.8, 4) is 5.75 Å². The van der Waals surface area contributed by atoms with Gasteiger partial charge in [0.05, 0.1) is 7.11 Å². The quantitative estimate of drug-likeness (QED) is 0.327. The van der Waals surface area contributed by atoms with Crippen LogP contribution in [0.2, 0.25) is 0 Å². The molecule has 1 N–H and O–H groups in total. The summed E-state index contributed by atoms with van der Waals surface area (Å²) < 4.78 is 6.77. The van der Waals surface area contributed by atoms with Crippen molar-refractivity contribution in [1.29, 1.82) is 0 Å². The van der Waals surface area contributed by atoms with Gasteiger partial charge in [-0.15, -0.1) is 0 Å². The fraction of sp³-hybridized carbons (Fsp3) is 0.333. The number of halogens is 1. The van der Waals surface area contributed by atoms with Crippen molar-refractivity contribution in [2.75, 3.05) is 26.7 Å². The number of nitrogens with zero attached hydrogens (tertiary/aromatic N) is 1. The van der Waals surface area contributed by atoms with E-state index in [4.69, 9.17) is 4.74 Å². The minimum atomic E-state index is 0.142. The van der Waals surface area contributed by atoms with Crippen molar-refractivity contribution in [1.82, 2.24) is 9.88 Å². The third-order valence-electron chi connectivity index (χ3n) is 8.24. The lowest BCUT2D eigenvalue weighted by Crippen LogP contribution is -2.54. The van der Waals surface area contributed by atoms with Gasteiger partial charge in [-0.1, -0.05) is 64.5 Å². The van der Waals surface area contributed by atoms with Crippen molar-refractivity contribution >= 4 is 26.8 Å². The minimum Gasteiger partial charge on any atom is -0.497 e. The number of aromatic nitrogens is 1. The second-order valence-corrected chi connectivity index (χ2v) is 10.9. The van der Waals surface area contributed by atoms with Crippen LogP contribution in [-0.4, -0.2) is 36.6 Å². The molecule has 1 unspecified atom stereocenters. The van der Waals surface area contributed by atoms with Crippen molar-refractivity contribution in [3.63, 3.8) is 0 Å². The van der Waals surface area contributed by atoms with E-state index < -0.39 is 0 Å². The summed E-state index contributed by atoms with van der Waals surface area (Å²) in [5.41, 5.74) is 7.20. The first-order chi connectivity index (χ1) is 16.6. The number of hydrogen-bond acceptors (Lipinski definition) is 2. The first-order valence-corrected chi connectivity index (χ1v) is 13.1. The number of nitrogens with one attached hydrogen (secondary N) is 1. The Balaban J connectivity index is 1.35. The maximum absolute atomic E-state index is 5.64. The van der Waals surface area contributed by atoms with E-state index >= 15 is 0 Å². The van der Waals surface area contributed by atoms with Gasteiger partial charge in [0.25, 0.3) is 0 Å². The van der Waals surface area contributed by atoms with Crippen molar-refractivity contribution in [3.05, 3.63) is 99.7 Å². The van der Waals surface area contributed by atoms with E-state index in [2.05, 4.69) is 98.6 Å². The fourth-order valence-electron chi connectivity index (χ4n) is 6.41. The predicted molar refractivity (Wildman–Crippen MR) is 143 cm³/mol. The Hall–Kier alpha value is -2.56. The Bertz CT molecular complexity index is 1310. The molecule has 1 aliphatic heterocycles. The third kappa shape index (κ3) is 3.87. The molecule has 0 bridgehead atoms. The van der Waals surface area contributed by atoms with Crippen LogP contribution >= 0.6 is 15.9 Å². The number of hydrogen-bond donors (Lipinski definition) is 1. The van der Waals surface area contributed by atoms with Gasteiger partial charge in [0, 0.05) is 39.6 Å². The first kappa shape index (κ1) is 21.9. The number of fused-ring (bicyclic) bond motifs is 4. The Morgan fingerprint density at radius 2 is 1.94 bits per heavy atom. The molecule has 6 rings (SSSR count). The van der Waals surface area contributed by atoms with E-state index in [1.54, 1.807) is 7.11 Å². The number of piperidine rings is 1. The van der Waals surface area contributed by atoms with Gasteiger partial charge in [-0.25, -0.2) is 0 Å². The van der Waals surface area contributed by atoms with Gasteiger partial charge in [0.2, 0.25) is 0 Å². The molecule has 0 radical (unpaired) electrons. The van der Waals surface area contributed by atoms with Gasteiger partial charge in [-0.05, 0) is 79.1 Å². The van der Waals surface area contributed by atoms with Crippen LogP contribution in [0.3, 0.4) is 0 Å². The van der Waals surface area contributed by atoms with Gasteiger partial charge < -0.3 is 14.6 Å². The van der Waals surface area contributed by atoms with Gasteiger partial charge in [-0.3, -0.25) is 0 Å². The fourth-order valence-corrected chi connectivity index (χ4v) is 6.77. The van der Waals surface area contributed by atoms with Gasteiger partial charge in [0.15, 0.2) is 0 Å². The van der Waals surface area contributed by atoms with E-state index in [9.17, 15) is 0 Å². The highest BCUT2D eigenvalue weighted by atomic mass is 79.9. The SMILES string of the molecule is COc1cccc([C@]23CCN(CCc4ccccc4)CC2Cc2c([nH]c4cc(Br)ccc24)C3)c1. The summed E-state index contributed by atoms with van der Waals surface area (Å²) in [7, 11) is 1.77. The molecule has 34 heavy (non-hydrogen) atoms. The summed E-state index contributed by atoms with van der Waals surface area (Å²) in [6.45, 7) is 3.41. The number of rotatable bonds is 5. The zero-order valence-corrected chi connectivity index (χ0v) is 21.3. The molecule has 1 saturated heterocycles. The lowest BCUT2D eigenvalue weighted by atomic mass is 9.58. The van der Waals surface area contributed by atoms with Crippen molar-refractivity contribution in [2.24, 2.45) is 5.92 Å². The van der Waals surface area contributed by atoms with Crippen molar-refractivity contribution < 1.29 is 4.74 Å². The van der Waals surface area contributed by atoms with Gasteiger partial charge in [-0.2, -0.15) is 0 Å². The normalized spacial score (nSPS) is 22.4. The second-order valence-electron chi connectivity index (χ2n) is 10.0. The van der Waals surface area contributed by atoms with Crippen LogP contribution in [-0.2, 0) is 24.7 Å². The lowest BCUT2D eigenvalue weighted by molar-refractivity contribution is 0.0822. The van der Waals surface area contributed by atoms with Gasteiger partial charge in [0.1, 0.15) is 5.75 Å². The average molecular weight is 515 g/mol. The topological polar surface area (TPSA) is 28.3 Å². The van der Waals surface area contributed by atoms with E-state index in [0.29, 0.717) is 5.92 Å². The molecule has 0 saturated carbocycles. The van der Waals surface area contributed by atoms with Crippen LogP contribution in [0.4, 0.5) is 0 Å². The second kappa shape index (κ2) is 8.90. The highest BCUT2D eigenvalue weighted by Gasteiger charge is 2.48. The summed E-state index contributed by atoms with van der Waals surface area (Å²) in [6.07, 6.45) is 4.49. The molecule has 3 nitrogen and oxygen atoms in total. The molecular weight excluding hydrogens is 484 g/mol. The third-order valence-corrected chi connectivity index (χ3v) is 8.73. The molecular formula is C30H31BrN2O. The van der Waals surface area contributed by atoms with Crippen LogP contribution in [0.15, 0.2) is 77.3 Å². The summed E-state index contributed by atoms with van der Waals surface area (Å²) in [5, 5.41) is 1.39. The van der Waals surface area contributed by atoms with E-state index in [0.717, 1.165) is 49.1 Å². The van der Waals surface area contributed by atoms with Crippen LogP contribution in [0.1, 0.15) is 28.8 Å². The van der Waals surface area contributed by atoms with Gasteiger partial charge >= 0.3 is 0 Å². The van der Waals surface area contributed by atoms with Crippen LogP contribution in [0, 0.1) is 5.92 Å². The standard InChI is InChI=1S/C30H31BrN2O/c1-34-25-9-5-8-22(16-25)30-13-15-33(14-12-21-6-3-2-4-7-21)20-23(30)17-27-26-11-10-24(31)18-28(26)32-29(27)19-30/h2-11,16,18,23,32H,12-15,17,19-20H2,1H3/t23?,30-/m1/s1. The molecule has 174 valence electrons. The van der Waals surface area contributed by atoms with Crippen LogP contribution in [0.25, 0.3) is 10.9 Å². The van der Waals surface area contributed by atoms with Crippen LogP contribution < -0.4 is 4.74 Å². The van der Waals surface area contributed by atoms with E-state index in [1.165, 1.54) is 39.7 Å². The Kier molecular flexibility index (Phi) is 5.74. The maximum Gasteiger partial charge on any atom is 0.119 e. The predicted octanol–water partition coefficient (Wildman–Crippen LogP) is 6.54. The lowest BCUT2D eigenvalue weighted by Gasteiger charge is -2.51. The number of ether oxygens (including phenoxy) is 1. The average Bonchev–Trinajstić information content (AvgIpc) is 3.22. The monoisotopic (exact) mass is 514 g/mol. The summed E-state index contributed by atoms with van der Waals surface area (Å²) >= 11 is 3.65. The molecule has 2 atom stereocenters. The molecule has 2 aliphatic rings. The van der Waals surface area contributed by atoms with Crippen LogP contribution in [0.5, 0.6) is 5.75 Å². The number of methoxy groups -OCH3 is 1. The van der Waals surface area contributed by atoms with Crippen molar-refractivity contribution in [2.45, 2.75) is 31.1 Å². The number of aromatic amines is 1. The molecule has 4 heteroatoms. The Morgan fingerprint density at radius 3 is 2.79 bits per heavy atom. The Morgan fingerprint density at radius 1 is 1.06 bits per heavy atom. The smallest absolute Gasteiger partial charge is 0.119 e. The minimum absolute atomic E-state index is 0.142. The zero-order valence-electron chi connectivity index (χ0n) is 19.7. The Labute approximate surface area is 210 Å². The molecule has 1 aromatic heterocycles.